The lowest BCUT2D eigenvalue weighted by molar-refractivity contribution is -0.147. The number of carbonyl (C=O) groups excluding carboxylic acids is 1. The number of hydrogen-bond acceptors (Lipinski definition) is 9. The summed E-state index contributed by atoms with van der Waals surface area (Å²) in [6.07, 6.45) is 0.154. The number of phenolic OH excluding ortho intramolecular Hbond substituents is 1. The summed E-state index contributed by atoms with van der Waals surface area (Å²) in [5.74, 6) is 1.13. The number of rotatable bonds is 7. The van der Waals surface area contributed by atoms with Crippen molar-refractivity contribution >= 4 is 23.4 Å². The first-order chi connectivity index (χ1) is 16.5. The highest BCUT2D eigenvalue weighted by atomic mass is 32.2. The molecule has 2 aromatic carbocycles. The monoisotopic (exact) mass is 488 g/mol. The Hall–Kier alpha value is -2.62. The van der Waals surface area contributed by atoms with Crippen molar-refractivity contribution in [1.29, 1.82) is 0 Å². The van der Waals surface area contributed by atoms with Crippen molar-refractivity contribution in [1.82, 2.24) is 4.90 Å². The summed E-state index contributed by atoms with van der Waals surface area (Å²) in [5, 5.41) is 21.1. The van der Waals surface area contributed by atoms with Crippen LogP contribution in [0.4, 0.5) is 5.69 Å². The standard InChI is InChI=1S/C25H32N2O6S/c1-31-18-8-9-21-22(16-18)34-25(24(30)32-2,23(29)17-33-21)10-5-11-26-12-14-27(15-13-26)19-6-3-4-7-20(19)28/h3-4,6-9,16,23,28-29H,5,10-15,17H2,1-2H3. The van der Waals surface area contributed by atoms with Gasteiger partial charge < -0.3 is 29.3 Å². The summed E-state index contributed by atoms with van der Waals surface area (Å²) in [5.41, 5.74) is 0.860. The van der Waals surface area contributed by atoms with Gasteiger partial charge >= 0.3 is 5.97 Å². The third-order valence-electron chi connectivity index (χ3n) is 6.53. The zero-order valence-corrected chi connectivity index (χ0v) is 20.4. The maximum absolute atomic E-state index is 13.0. The molecule has 0 spiro atoms. The lowest BCUT2D eigenvalue weighted by Gasteiger charge is -2.37. The molecule has 2 aromatic rings. The molecule has 2 heterocycles. The summed E-state index contributed by atoms with van der Waals surface area (Å²) < 4.78 is 15.1. The number of aliphatic hydroxyl groups is 1. The largest absolute Gasteiger partial charge is 0.506 e. The Bertz CT molecular complexity index is 997. The van der Waals surface area contributed by atoms with Crippen molar-refractivity contribution < 1.29 is 29.2 Å². The number of aliphatic hydroxyl groups excluding tert-OH is 1. The van der Waals surface area contributed by atoms with E-state index in [0.29, 0.717) is 23.7 Å². The van der Waals surface area contributed by atoms with Gasteiger partial charge in [-0.1, -0.05) is 12.1 Å². The molecule has 2 aliphatic heterocycles. The predicted molar refractivity (Wildman–Crippen MR) is 131 cm³/mol. The van der Waals surface area contributed by atoms with Gasteiger partial charge in [0, 0.05) is 26.2 Å². The van der Waals surface area contributed by atoms with Crippen LogP contribution in [0.3, 0.4) is 0 Å². The fraction of sp³-hybridized carbons (Fsp3) is 0.480. The van der Waals surface area contributed by atoms with Gasteiger partial charge in [0.25, 0.3) is 0 Å². The van der Waals surface area contributed by atoms with Gasteiger partial charge in [-0.15, -0.1) is 11.8 Å². The molecule has 4 rings (SSSR count). The van der Waals surface area contributed by atoms with Gasteiger partial charge in [0.05, 0.1) is 24.8 Å². The molecule has 0 aliphatic carbocycles. The number of anilines is 1. The van der Waals surface area contributed by atoms with Gasteiger partial charge in [0.1, 0.15) is 34.7 Å². The molecular formula is C25H32N2O6S. The van der Waals surface area contributed by atoms with Crippen LogP contribution in [0.2, 0.25) is 0 Å². The lowest BCUT2D eigenvalue weighted by atomic mass is 9.95. The van der Waals surface area contributed by atoms with E-state index >= 15 is 0 Å². The number of fused-ring (bicyclic) bond motifs is 1. The SMILES string of the molecule is COC(=O)C1(CCCN2CCN(c3ccccc3O)CC2)Sc2cc(OC)ccc2OCC1O. The Kier molecular flexibility index (Phi) is 7.75. The number of piperazine rings is 1. The highest BCUT2D eigenvalue weighted by molar-refractivity contribution is 8.01. The van der Waals surface area contributed by atoms with E-state index in [1.54, 1.807) is 25.3 Å². The predicted octanol–water partition coefficient (Wildman–Crippen LogP) is 2.76. The van der Waals surface area contributed by atoms with Gasteiger partial charge in [0.2, 0.25) is 0 Å². The molecule has 0 radical (unpaired) electrons. The van der Waals surface area contributed by atoms with Gasteiger partial charge in [0.15, 0.2) is 0 Å². The van der Waals surface area contributed by atoms with Crippen LogP contribution in [0, 0.1) is 0 Å². The van der Waals surface area contributed by atoms with E-state index in [-0.39, 0.29) is 6.61 Å². The molecule has 2 aliphatic rings. The van der Waals surface area contributed by atoms with Crippen LogP contribution >= 0.6 is 11.8 Å². The molecule has 34 heavy (non-hydrogen) atoms. The summed E-state index contributed by atoms with van der Waals surface area (Å²) >= 11 is 1.30. The Morgan fingerprint density at radius 3 is 2.65 bits per heavy atom. The number of ether oxygens (including phenoxy) is 3. The van der Waals surface area contributed by atoms with Crippen molar-refractivity contribution in [3.63, 3.8) is 0 Å². The molecule has 184 valence electrons. The summed E-state index contributed by atoms with van der Waals surface area (Å²) in [6.45, 7) is 4.17. The van der Waals surface area contributed by atoms with Gasteiger partial charge in [-0.25, -0.2) is 0 Å². The van der Waals surface area contributed by atoms with E-state index in [4.69, 9.17) is 14.2 Å². The van der Waals surface area contributed by atoms with Crippen LogP contribution in [0.15, 0.2) is 47.4 Å². The van der Waals surface area contributed by atoms with E-state index in [2.05, 4.69) is 9.80 Å². The Balaban J connectivity index is 1.41. The summed E-state index contributed by atoms with van der Waals surface area (Å²) in [4.78, 5) is 18.3. The summed E-state index contributed by atoms with van der Waals surface area (Å²) in [7, 11) is 2.94. The van der Waals surface area contributed by atoms with Crippen molar-refractivity contribution in [3.05, 3.63) is 42.5 Å². The molecule has 1 saturated heterocycles. The molecule has 9 heteroatoms. The van der Waals surface area contributed by atoms with Gasteiger partial charge in [-0.2, -0.15) is 0 Å². The number of methoxy groups -OCH3 is 2. The van der Waals surface area contributed by atoms with Crippen LogP contribution < -0.4 is 14.4 Å². The number of carbonyl (C=O) groups is 1. The number of hydrogen-bond donors (Lipinski definition) is 2. The van der Waals surface area contributed by atoms with Crippen LogP contribution in [0.25, 0.3) is 0 Å². The second-order valence-electron chi connectivity index (χ2n) is 8.54. The molecule has 2 atom stereocenters. The number of phenols is 1. The number of aromatic hydroxyl groups is 1. The minimum atomic E-state index is -1.16. The van der Waals surface area contributed by atoms with Crippen LogP contribution in [-0.4, -0.2) is 85.5 Å². The quantitative estimate of drug-likeness (QED) is 0.571. The van der Waals surface area contributed by atoms with Crippen LogP contribution in [0.1, 0.15) is 12.8 Å². The molecule has 0 saturated carbocycles. The molecule has 1 fully saturated rings. The molecular weight excluding hydrogens is 456 g/mol. The molecule has 2 unspecified atom stereocenters. The maximum Gasteiger partial charge on any atom is 0.325 e. The fourth-order valence-corrected chi connectivity index (χ4v) is 5.97. The first kappa shape index (κ1) is 24.5. The molecule has 0 bridgehead atoms. The zero-order valence-electron chi connectivity index (χ0n) is 19.6. The number of para-hydroxylation sites is 2. The second-order valence-corrected chi connectivity index (χ2v) is 9.92. The lowest BCUT2D eigenvalue weighted by Crippen LogP contribution is -2.50. The highest BCUT2D eigenvalue weighted by Crippen LogP contribution is 2.47. The zero-order chi connectivity index (χ0) is 24.1. The molecule has 8 nitrogen and oxygen atoms in total. The first-order valence-electron chi connectivity index (χ1n) is 11.5. The Labute approximate surface area is 204 Å². The smallest absolute Gasteiger partial charge is 0.325 e. The minimum Gasteiger partial charge on any atom is -0.506 e. The third-order valence-corrected chi connectivity index (χ3v) is 8.07. The van der Waals surface area contributed by atoms with Gasteiger partial charge in [-0.05, 0) is 49.7 Å². The molecule has 0 aromatic heterocycles. The molecule has 0 amide bonds. The highest BCUT2D eigenvalue weighted by Gasteiger charge is 2.49. The normalized spacial score (nSPS) is 22.9. The third kappa shape index (κ3) is 5.06. The van der Waals surface area contributed by atoms with E-state index in [1.807, 2.05) is 24.3 Å². The average molecular weight is 489 g/mol. The summed E-state index contributed by atoms with van der Waals surface area (Å²) in [6, 6.07) is 12.8. The molecule has 2 N–H and O–H groups in total. The number of benzene rings is 2. The van der Waals surface area contributed by atoms with Crippen molar-refractivity contribution in [2.45, 2.75) is 28.6 Å². The van der Waals surface area contributed by atoms with Crippen LogP contribution in [-0.2, 0) is 9.53 Å². The van der Waals surface area contributed by atoms with Gasteiger partial charge in [-0.3, -0.25) is 9.69 Å². The van der Waals surface area contributed by atoms with Crippen LogP contribution in [0.5, 0.6) is 17.2 Å². The number of thioether (sulfide) groups is 1. The number of nitrogens with zero attached hydrogens (tertiary/aromatic N) is 2. The van der Waals surface area contributed by atoms with E-state index in [1.165, 1.54) is 18.9 Å². The first-order valence-corrected chi connectivity index (χ1v) is 12.3. The van der Waals surface area contributed by atoms with E-state index in [9.17, 15) is 15.0 Å². The maximum atomic E-state index is 13.0. The topological polar surface area (TPSA) is 91.7 Å². The second kappa shape index (κ2) is 10.8. The van der Waals surface area contributed by atoms with E-state index < -0.39 is 16.8 Å². The average Bonchev–Trinajstić information content (AvgIpc) is 3.00. The fourth-order valence-electron chi connectivity index (χ4n) is 4.56. The number of esters is 1. The Morgan fingerprint density at radius 1 is 1.18 bits per heavy atom. The van der Waals surface area contributed by atoms with Crippen molar-refractivity contribution in [3.8, 4) is 17.2 Å². The van der Waals surface area contributed by atoms with E-state index in [0.717, 1.165) is 49.7 Å². The Morgan fingerprint density at radius 2 is 1.94 bits per heavy atom. The van der Waals surface area contributed by atoms with Crippen molar-refractivity contribution in [2.24, 2.45) is 0 Å². The minimum absolute atomic E-state index is 0.0146. The van der Waals surface area contributed by atoms with Crippen molar-refractivity contribution in [2.75, 3.05) is 58.5 Å².